The first-order valence-corrected chi connectivity index (χ1v) is 16.9. The molecule has 0 saturated carbocycles. The van der Waals surface area contributed by atoms with Crippen molar-refractivity contribution in [2.45, 2.75) is 52.4 Å². The van der Waals surface area contributed by atoms with Gasteiger partial charge >= 0.3 is 0 Å². The summed E-state index contributed by atoms with van der Waals surface area (Å²) in [6, 6.07) is 48.6. The van der Waals surface area contributed by atoms with Crippen LogP contribution in [0.1, 0.15) is 52.7 Å². The van der Waals surface area contributed by atoms with Crippen LogP contribution in [0.25, 0.3) is 77.0 Å². The summed E-state index contributed by atoms with van der Waals surface area (Å²) in [6.45, 7) is 13.7. The molecular weight excluding hydrogens is 581 g/mol. The molecular formula is C46H40N2. The van der Waals surface area contributed by atoms with Crippen LogP contribution in [-0.2, 0) is 10.8 Å². The monoisotopic (exact) mass is 620 g/mol. The second-order valence-electron chi connectivity index (χ2n) is 15.1. The van der Waals surface area contributed by atoms with E-state index in [0.717, 1.165) is 55.4 Å². The molecule has 0 N–H and O–H groups in total. The van der Waals surface area contributed by atoms with Crippen LogP contribution in [-0.4, -0.2) is 9.97 Å². The van der Waals surface area contributed by atoms with Crippen molar-refractivity contribution in [2.24, 2.45) is 0 Å². The van der Waals surface area contributed by atoms with E-state index in [1.54, 1.807) is 0 Å². The molecule has 48 heavy (non-hydrogen) atoms. The minimum absolute atomic E-state index is 0.0490. The molecule has 0 aliphatic rings. The molecule has 2 heteroatoms. The van der Waals surface area contributed by atoms with Gasteiger partial charge in [-0.05, 0) is 78.9 Å². The van der Waals surface area contributed by atoms with Crippen molar-refractivity contribution in [2.75, 3.05) is 0 Å². The zero-order valence-corrected chi connectivity index (χ0v) is 28.6. The normalized spacial score (nSPS) is 12.4. The van der Waals surface area contributed by atoms with Crippen molar-refractivity contribution in [3.05, 3.63) is 145 Å². The molecule has 8 aromatic rings. The standard InChI is InChI=1S/C46H40N2/c1-45(2,3)33-19-23-35-31(27-33)15-21-37(43(35)41-25-17-29-11-7-9-13-39(29)47-41)38-22-16-32-28-34(46(4,5)6)20-24-36(32)44(38)42-26-18-30-12-8-10-14-40(30)48-42/h7-28H,1-6H3. The fourth-order valence-electron chi connectivity index (χ4n) is 7.00. The van der Waals surface area contributed by atoms with Crippen molar-refractivity contribution in [1.29, 1.82) is 0 Å². The molecule has 0 radical (unpaired) electrons. The minimum atomic E-state index is 0.0490. The largest absolute Gasteiger partial charge is 0.248 e. The lowest BCUT2D eigenvalue weighted by Crippen LogP contribution is -2.10. The Morgan fingerprint density at radius 2 is 0.771 bits per heavy atom. The predicted molar refractivity (Wildman–Crippen MR) is 206 cm³/mol. The Morgan fingerprint density at radius 1 is 0.375 bits per heavy atom. The fraction of sp³-hybridized carbons (Fsp3) is 0.174. The molecule has 0 atom stereocenters. The first kappa shape index (κ1) is 30.0. The highest BCUT2D eigenvalue weighted by Gasteiger charge is 2.22. The summed E-state index contributed by atoms with van der Waals surface area (Å²) < 4.78 is 0. The van der Waals surface area contributed by atoms with Crippen LogP contribution in [0.15, 0.2) is 133 Å². The molecule has 0 aliphatic carbocycles. The molecule has 2 heterocycles. The summed E-state index contributed by atoms with van der Waals surface area (Å²) in [7, 11) is 0. The van der Waals surface area contributed by atoms with E-state index in [2.05, 4.69) is 175 Å². The van der Waals surface area contributed by atoms with Crippen molar-refractivity contribution >= 4 is 43.4 Å². The average Bonchev–Trinajstić information content (AvgIpc) is 3.09. The van der Waals surface area contributed by atoms with Crippen LogP contribution in [0.2, 0.25) is 0 Å². The van der Waals surface area contributed by atoms with Gasteiger partial charge in [-0.15, -0.1) is 0 Å². The number of pyridine rings is 2. The van der Waals surface area contributed by atoms with E-state index in [4.69, 9.17) is 9.97 Å². The molecule has 0 saturated heterocycles. The van der Waals surface area contributed by atoms with E-state index in [-0.39, 0.29) is 10.8 Å². The Labute approximate surface area is 283 Å². The highest BCUT2D eigenvalue weighted by atomic mass is 14.7. The molecule has 6 aromatic carbocycles. The summed E-state index contributed by atoms with van der Waals surface area (Å²) in [5.74, 6) is 0. The van der Waals surface area contributed by atoms with E-state index in [1.165, 1.54) is 32.7 Å². The number of hydrogen-bond acceptors (Lipinski definition) is 2. The van der Waals surface area contributed by atoms with Crippen molar-refractivity contribution < 1.29 is 0 Å². The van der Waals surface area contributed by atoms with Crippen molar-refractivity contribution in [3.63, 3.8) is 0 Å². The summed E-state index contributed by atoms with van der Waals surface area (Å²) >= 11 is 0. The van der Waals surface area contributed by atoms with Gasteiger partial charge in [-0.3, -0.25) is 0 Å². The molecule has 0 fully saturated rings. The lowest BCUT2D eigenvalue weighted by Gasteiger charge is -2.23. The quantitative estimate of drug-likeness (QED) is 0.196. The number of aromatic nitrogens is 2. The number of hydrogen-bond donors (Lipinski definition) is 0. The van der Waals surface area contributed by atoms with E-state index in [1.807, 2.05) is 0 Å². The van der Waals surface area contributed by atoms with Gasteiger partial charge in [0, 0.05) is 21.9 Å². The van der Waals surface area contributed by atoms with Gasteiger partial charge in [-0.2, -0.15) is 0 Å². The first-order chi connectivity index (χ1) is 23.0. The van der Waals surface area contributed by atoms with Gasteiger partial charge in [0.1, 0.15) is 0 Å². The van der Waals surface area contributed by atoms with Crippen LogP contribution in [0, 0.1) is 0 Å². The first-order valence-electron chi connectivity index (χ1n) is 16.9. The van der Waals surface area contributed by atoms with Gasteiger partial charge in [-0.25, -0.2) is 9.97 Å². The minimum Gasteiger partial charge on any atom is -0.248 e. The van der Waals surface area contributed by atoms with E-state index < -0.39 is 0 Å². The third kappa shape index (κ3) is 5.22. The molecule has 8 rings (SSSR count). The molecule has 2 aromatic heterocycles. The van der Waals surface area contributed by atoms with Gasteiger partial charge in [0.2, 0.25) is 0 Å². The van der Waals surface area contributed by atoms with Crippen LogP contribution < -0.4 is 0 Å². The predicted octanol–water partition coefficient (Wildman–Crippen LogP) is 12.7. The lowest BCUT2D eigenvalue weighted by molar-refractivity contribution is 0.591. The Kier molecular flexibility index (Phi) is 6.96. The van der Waals surface area contributed by atoms with Crippen LogP contribution in [0.4, 0.5) is 0 Å². The van der Waals surface area contributed by atoms with Crippen molar-refractivity contribution in [1.82, 2.24) is 9.97 Å². The van der Waals surface area contributed by atoms with Crippen LogP contribution in [0.5, 0.6) is 0 Å². The Hall–Kier alpha value is -5.34. The Bertz CT molecular complexity index is 2350. The second kappa shape index (κ2) is 11.1. The second-order valence-corrected chi connectivity index (χ2v) is 15.1. The summed E-state index contributed by atoms with van der Waals surface area (Å²) in [4.78, 5) is 10.6. The number of benzene rings is 6. The van der Waals surface area contributed by atoms with Gasteiger partial charge in [0.15, 0.2) is 0 Å². The average molecular weight is 621 g/mol. The number of fused-ring (bicyclic) bond motifs is 4. The molecule has 0 aliphatic heterocycles. The lowest BCUT2D eigenvalue weighted by atomic mass is 9.82. The SMILES string of the molecule is CC(C)(C)c1ccc2c(-c3ccc4ccccc4n3)c(-c3ccc4cc(C(C)(C)C)ccc4c3-c3ccc4ccccc4n3)ccc2c1. The molecule has 0 bridgehead atoms. The zero-order chi connectivity index (χ0) is 33.2. The Morgan fingerprint density at radius 3 is 1.19 bits per heavy atom. The molecule has 0 spiro atoms. The maximum atomic E-state index is 5.28. The smallest absolute Gasteiger partial charge is 0.0722 e. The number of para-hydroxylation sites is 2. The van der Waals surface area contributed by atoms with E-state index in [9.17, 15) is 0 Å². The molecule has 234 valence electrons. The summed E-state index contributed by atoms with van der Waals surface area (Å²) in [5.41, 5.74) is 11.3. The number of rotatable bonds is 3. The maximum absolute atomic E-state index is 5.28. The van der Waals surface area contributed by atoms with Gasteiger partial charge in [0.05, 0.1) is 22.4 Å². The van der Waals surface area contributed by atoms with Gasteiger partial charge < -0.3 is 0 Å². The van der Waals surface area contributed by atoms with Gasteiger partial charge in [-0.1, -0.05) is 151 Å². The number of nitrogens with zero attached hydrogens (tertiary/aromatic N) is 2. The molecule has 2 nitrogen and oxygen atoms in total. The summed E-state index contributed by atoms with van der Waals surface area (Å²) in [6.07, 6.45) is 0. The zero-order valence-electron chi connectivity index (χ0n) is 28.6. The van der Waals surface area contributed by atoms with Crippen molar-refractivity contribution in [3.8, 4) is 33.6 Å². The fourth-order valence-corrected chi connectivity index (χ4v) is 7.00. The topological polar surface area (TPSA) is 25.8 Å². The third-order valence-corrected chi connectivity index (χ3v) is 9.77. The van der Waals surface area contributed by atoms with Gasteiger partial charge in [0.25, 0.3) is 0 Å². The summed E-state index contributed by atoms with van der Waals surface area (Å²) in [5, 5.41) is 7.11. The highest BCUT2D eigenvalue weighted by molar-refractivity contribution is 6.10. The van der Waals surface area contributed by atoms with Crippen LogP contribution >= 0.6 is 0 Å². The molecule has 0 amide bonds. The van der Waals surface area contributed by atoms with E-state index in [0.29, 0.717) is 0 Å². The third-order valence-electron chi connectivity index (χ3n) is 9.77. The van der Waals surface area contributed by atoms with E-state index >= 15 is 0 Å². The highest BCUT2D eigenvalue weighted by Crippen LogP contribution is 2.45. The maximum Gasteiger partial charge on any atom is 0.0722 e. The van der Waals surface area contributed by atoms with Crippen LogP contribution in [0.3, 0.4) is 0 Å². The molecule has 0 unspecified atom stereocenters. The Balaban J connectivity index is 1.47.